The average molecular weight is 346 g/mol. The van der Waals surface area contributed by atoms with Crippen molar-refractivity contribution < 1.29 is 13.9 Å². The number of ether oxygens (including phenoxy) is 1. The lowest BCUT2D eigenvalue weighted by molar-refractivity contribution is -0.122. The molecule has 3 rings (SSSR count). The number of methoxy groups -OCH3 is 1. The SMILES string of the molecule is COC(CNC(=O)Cn1c(=O)oc2ccccc21)c1ccc(C)s1. The summed E-state index contributed by atoms with van der Waals surface area (Å²) < 4.78 is 11.9. The number of amides is 1. The molecular weight excluding hydrogens is 328 g/mol. The molecule has 0 aliphatic rings. The van der Waals surface area contributed by atoms with Crippen LogP contribution in [0.15, 0.2) is 45.6 Å². The minimum atomic E-state index is -0.538. The van der Waals surface area contributed by atoms with E-state index in [1.54, 1.807) is 42.7 Å². The topological polar surface area (TPSA) is 73.5 Å². The van der Waals surface area contributed by atoms with Gasteiger partial charge in [-0.3, -0.25) is 9.36 Å². The second-order valence-electron chi connectivity index (χ2n) is 5.40. The molecule has 6 nitrogen and oxygen atoms in total. The quantitative estimate of drug-likeness (QED) is 0.744. The molecule has 0 aliphatic heterocycles. The minimum Gasteiger partial charge on any atom is -0.408 e. The van der Waals surface area contributed by atoms with E-state index in [4.69, 9.17) is 9.15 Å². The lowest BCUT2D eigenvalue weighted by Crippen LogP contribution is -2.33. The number of nitrogens with zero attached hydrogens (tertiary/aromatic N) is 1. The van der Waals surface area contributed by atoms with E-state index in [0.29, 0.717) is 17.6 Å². The Morgan fingerprint density at radius 1 is 1.33 bits per heavy atom. The number of nitrogens with one attached hydrogen (secondary N) is 1. The number of hydrogen-bond donors (Lipinski definition) is 1. The van der Waals surface area contributed by atoms with Gasteiger partial charge in [-0.2, -0.15) is 0 Å². The predicted octanol–water partition coefficient (Wildman–Crippen LogP) is 2.47. The largest absolute Gasteiger partial charge is 0.420 e. The Morgan fingerprint density at radius 2 is 2.12 bits per heavy atom. The summed E-state index contributed by atoms with van der Waals surface area (Å²) in [5.41, 5.74) is 1.08. The Bertz CT molecular complexity index is 909. The average Bonchev–Trinajstić information content (AvgIpc) is 3.12. The molecule has 7 heteroatoms. The molecule has 0 fully saturated rings. The number of carbonyl (C=O) groups excluding carboxylic acids is 1. The number of carbonyl (C=O) groups is 1. The van der Waals surface area contributed by atoms with E-state index in [9.17, 15) is 9.59 Å². The Hall–Kier alpha value is -2.38. The first-order valence-electron chi connectivity index (χ1n) is 7.52. The second-order valence-corrected chi connectivity index (χ2v) is 6.72. The van der Waals surface area contributed by atoms with E-state index >= 15 is 0 Å². The van der Waals surface area contributed by atoms with Crippen molar-refractivity contribution in [1.29, 1.82) is 0 Å². The molecule has 126 valence electrons. The Kier molecular flexibility index (Phi) is 4.82. The molecule has 2 heterocycles. The third kappa shape index (κ3) is 3.42. The number of fused-ring (bicyclic) bond motifs is 1. The number of hydrogen-bond acceptors (Lipinski definition) is 5. The van der Waals surface area contributed by atoms with Crippen LogP contribution in [0.4, 0.5) is 0 Å². The van der Waals surface area contributed by atoms with Gasteiger partial charge in [-0.1, -0.05) is 12.1 Å². The fourth-order valence-electron chi connectivity index (χ4n) is 2.50. The molecule has 0 spiro atoms. The fourth-order valence-corrected chi connectivity index (χ4v) is 3.45. The zero-order valence-corrected chi connectivity index (χ0v) is 14.3. The number of rotatable bonds is 6. The molecule has 0 bridgehead atoms. The standard InChI is InChI=1S/C17H18N2O4S/c1-11-7-8-15(24-11)14(22-2)9-18-16(20)10-19-12-5-3-4-6-13(12)23-17(19)21/h3-8,14H,9-10H2,1-2H3,(H,18,20). The van der Waals surface area contributed by atoms with Gasteiger partial charge in [0.15, 0.2) is 5.58 Å². The van der Waals surface area contributed by atoms with Crippen molar-refractivity contribution in [3.05, 3.63) is 56.7 Å². The van der Waals surface area contributed by atoms with Crippen molar-refractivity contribution in [3.63, 3.8) is 0 Å². The monoisotopic (exact) mass is 346 g/mol. The second kappa shape index (κ2) is 7.02. The Balaban J connectivity index is 1.67. The highest BCUT2D eigenvalue weighted by atomic mass is 32.1. The summed E-state index contributed by atoms with van der Waals surface area (Å²) in [5, 5.41) is 2.81. The van der Waals surface area contributed by atoms with Crippen LogP contribution >= 0.6 is 11.3 Å². The first-order chi connectivity index (χ1) is 11.6. The molecule has 1 amide bonds. The van der Waals surface area contributed by atoms with Crippen LogP contribution in [-0.2, 0) is 16.1 Å². The third-order valence-electron chi connectivity index (χ3n) is 3.72. The summed E-state index contributed by atoms with van der Waals surface area (Å²) in [6.07, 6.45) is -0.203. The number of thiophene rings is 1. The molecular formula is C17H18N2O4S. The number of para-hydroxylation sites is 2. The first-order valence-corrected chi connectivity index (χ1v) is 8.34. The Labute approximate surface area is 142 Å². The van der Waals surface area contributed by atoms with Gasteiger partial charge in [-0.05, 0) is 31.2 Å². The van der Waals surface area contributed by atoms with Crippen molar-refractivity contribution in [2.75, 3.05) is 13.7 Å². The fraction of sp³-hybridized carbons (Fsp3) is 0.294. The number of aromatic nitrogens is 1. The maximum absolute atomic E-state index is 12.2. The smallest absolute Gasteiger partial charge is 0.408 e. The van der Waals surface area contributed by atoms with E-state index in [-0.39, 0.29) is 18.6 Å². The maximum atomic E-state index is 12.2. The van der Waals surface area contributed by atoms with Crippen LogP contribution in [-0.4, -0.2) is 24.1 Å². The first kappa shape index (κ1) is 16.5. The molecule has 0 saturated carbocycles. The summed E-state index contributed by atoms with van der Waals surface area (Å²) in [6.45, 7) is 2.28. The van der Waals surface area contributed by atoms with Crippen LogP contribution in [0, 0.1) is 6.92 Å². The van der Waals surface area contributed by atoms with Gasteiger partial charge < -0.3 is 14.5 Å². The van der Waals surface area contributed by atoms with Crippen molar-refractivity contribution in [1.82, 2.24) is 9.88 Å². The molecule has 0 saturated heterocycles. The van der Waals surface area contributed by atoms with Gasteiger partial charge in [0.25, 0.3) is 0 Å². The zero-order valence-electron chi connectivity index (χ0n) is 13.4. The lowest BCUT2D eigenvalue weighted by Gasteiger charge is -2.14. The molecule has 3 aromatic rings. The van der Waals surface area contributed by atoms with Gasteiger partial charge in [0, 0.05) is 23.4 Å². The van der Waals surface area contributed by atoms with Gasteiger partial charge in [-0.15, -0.1) is 11.3 Å². The Morgan fingerprint density at radius 3 is 2.83 bits per heavy atom. The van der Waals surface area contributed by atoms with Gasteiger partial charge in [0.2, 0.25) is 5.91 Å². The van der Waals surface area contributed by atoms with Gasteiger partial charge in [0.1, 0.15) is 12.6 Å². The minimum absolute atomic E-state index is 0.0876. The van der Waals surface area contributed by atoms with Crippen LogP contribution in [0.25, 0.3) is 11.1 Å². The molecule has 1 aromatic carbocycles. The lowest BCUT2D eigenvalue weighted by atomic mass is 10.3. The molecule has 2 aromatic heterocycles. The normalized spacial score (nSPS) is 12.4. The molecule has 0 aliphatic carbocycles. The van der Waals surface area contributed by atoms with E-state index in [1.807, 2.05) is 19.1 Å². The third-order valence-corrected chi connectivity index (χ3v) is 4.82. The van der Waals surface area contributed by atoms with Gasteiger partial charge in [0.05, 0.1) is 5.52 Å². The van der Waals surface area contributed by atoms with Crippen molar-refractivity contribution in [2.45, 2.75) is 19.6 Å². The molecule has 0 radical (unpaired) electrons. The van der Waals surface area contributed by atoms with E-state index in [0.717, 1.165) is 4.88 Å². The molecule has 1 atom stereocenters. The highest BCUT2D eigenvalue weighted by molar-refractivity contribution is 7.12. The number of benzene rings is 1. The van der Waals surface area contributed by atoms with E-state index in [2.05, 4.69) is 5.32 Å². The highest BCUT2D eigenvalue weighted by Gasteiger charge is 2.16. The van der Waals surface area contributed by atoms with Crippen molar-refractivity contribution in [3.8, 4) is 0 Å². The van der Waals surface area contributed by atoms with Gasteiger partial charge in [-0.25, -0.2) is 4.79 Å². The molecule has 1 N–H and O–H groups in total. The summed E-state index contributed by atoms with van der Waals surface area (Å²) in [4.78, 5) is 26.3. The predicted molar refractivity (Wildman–Crippen MR) is 92.3 cm³/mol. The van der Waals surface area contributed by atoms with Crippen LogP contribution in [0.2, 0.25) is 0 Å². The number of aryl methyl sites for hydroxylation is 1. The van der Waals surface area contributed by atoms with Crippen LogP contribution in [0.5, 0.6) is 0 Å². The highest BCUT2D eigenvalue weighted by Crippen LogP contribution is 2.24. The summed E-state index contributed by atoms with van der Waals surface area (Å²) >= 11 is 1.64. The van der Waals surface area contributed by atoms with Crippen molar-refractivity contribution in [2.24, 2.45) is 0 Å². The summed E-state index contributed by atoms with van der Waals surface area (Å²) in [7, 11) is 1.61. The summed E-state index contributed by atoms with van der Waals surface area (Å²) in [5.74, 6) is -0.803. The molecule has 24 heavy (non-hydrogen) atoms. The van der Waals surface area contributed by atoms with E-state index in [1.165, 1.54) is 9.44 Å². The molecule has 1 unspecified atom stereocenters. The van der Waals surface area contributed by atoms with Crippen LogP contribution in [0.1, 0.15) is 15.9 Å². The van der Waals surface area contributed by atoms with Crippen LogP contribution < -0.4 is 11.1 Å². The zero-order chi connectivity index (χ0) is 17.1. The van der Waals surface area contributed by atoms with E-state index < -0.39 is 5.76 Å². The van der Waals surface area contributed by atoms with Gasteiger partial charge >= 0.3 is 5.76 Å². The van der Waals surface area contributed by atoms with Crippen LogP contribution in [0.3, 0.4) is 0 Å². The number of oxazole rings is 1. The summed E-state index contributed by atoms with van der Waals surface area (Å²) in [6, 6.07) is 11.0. The van der Waals surface area contributed by atoms with Crippen molar-refractivity contribution >= 4 is 28.3 Å². The maximum Gasteiger partial charge on any atom is 0.420 e.